The number of nitrogens with zero attached hydrogens (tertiary/aromatic N) is 2. The van der Waals surface area contributed by atoms with Crippen molar-refractivity contribution in [1.82, 2.24) is 9.55 Å². The molecule has 0 bridgehead atoms. The fraction of sp³-hybridized carbons (Fsp3) is 0.276. The van der Waals surface area contributed by atoms with Crippen molar-refractivity contribution in [1.29, 1.82) is 0 Å². The van der Waals surface area contributed by atoms with Crippen LogP contribution in [-0.4, -0.2) is 35.0 Å². The van der Waals surface area contributed by atoms with Crippen LogP contribution in [0.4, 0.5) is 13.2 Å². The standard InChI is InChI=1S/C29H31F3N2O3S/c1-7-11-23(24(8-2)29(30,31)32)27-33-26(28(5,6)35)18-34(27)25-15-14-21(16-19(25)4)20-12-10-13-22(17-20)38(36,37)9-3/h7-8,10-18,35H,1,9H2,2-6H3/b23-11+,24-8+. The number of halogens is 3. The van der Waals surface area contributed by atoms with Gasteiger partial charge in [0.05, 0.1) is 27.6 Å². The maximum absolute atomic E-state index is 13.9. The number of alkyl halides is 3. The molecular weight excluding hydrogens is 513 g/mol. The molecule has 0 aliphatic heterocycles. The van der Waals surface area contributed by atoms with Gasteiger partial charge < -0.3 is 5.11 Å². The first-order valence-electron chi connectivity index (χ1n) is 12.0. The Morgan fingerprint density at radius 1 is 1.13 bits per heavy atom. The van der Waals surface area contributed by atoms with E-state index in [1.807, 2.05) is 6.07 Å². The number of aromatic nitrogens is 2. The molecule has 5 nitrogen and oxygen atoms in total. The van der Waals surface area contributed by atoms with E-state index in [1.54, 1.807) is 50.2 Å². The average molecular weight is 545 g/mol. The number of aryl methyl sites for hydroxylation is 1. The molecule has 0 spiro atoms. The number of hydrogen-bond acceptors (Lipinski definition) is 4. The fourth-order valence-corrected chi connectivity index (χ4v) is 4.99. The molecule has 0 unspecified atom stereocenters. The second-order valence-corrected chi connectivity index (χ2v) is 11.6. The van der Waals surface area contributed by atoms with E-state index in [-0.39, 0.29) is 27.7 Å². The van der Waals surface area contributed by atoms with Gasteiger partial charge in [0.2, 0.25) is 0 Å². The van der Waals surface area contributed by atoms with Gasteiger partial charge in [-0.1, -0.05) is 49.9 Å². The van der Waals surface area contributed by atoms with Crippen LogP contribution in [0.1, 0.15) is 44.8 Å². The van der Waals surface area contributed by atoms with Crippen molar-refractivity contribution in [2.24, 2.45) is 0 Å². The number of allylic oxidation sites excluding steroid dienone is 5. The topological polar surface area (TPSA) is 72.2 Å². The third-order valence-electron chi connectivity index (χ3n) is 6.11. The largest absolute Gasteiger partial charge is 0.416 e. The van der Waals surface area contributed by atoms with Gasteiger partial charge in [0, 0.05) is 11.8 Å². The maximum atomic E-state index is 13.9. The Kier molecular flexibility index (Phi) is 8.24. The molecule has 202 valence electrons. The summed E-state index contributed by atoms with van der Waals surface area (Å²) in [7, 11) is -3.39. The Morgan fingerprint density at radius 2 is 1.79 bits per heavy atom. The third-order valence-corrected chi connectivity index (χ3v) is 7.84. The van der Waals surface area contributed by atoms with Crippen LogP contribution in [0, 0.1) is 6.92 Å². The first-order valence-corrected chi connectivity index (χ1v) is 13.6. The maximum Gasteiger partial charge on any atom is 0.416 e. The highest BCUT2D eigenvalue weighted by Crippen LogP contribution is 2.38. The predicted molar refractivity (Wildman–Crippen MR) is 145 cm³/mol. The lowest BCUT2D eigenvalue weighted by Crippen LogP contribution is -2.17. The number of benzene rings is 2. The number of aliphatic hydroxyl groups is 1. The van der Waals surface area contributed by atoms with E-state index in [2.05, 4.69) is 11.6 Å². The van der Waals surface area contributed by atoms with Crippen molar-refractivity contribution in [3.8, 4) is 16.8 Å². The van der Waals surface area contributed by atoms with E-state index in [4.69, 9.17) is 0 Å². The molecule has 0 amide bonds. The van der Waals surface area contributed by atoms with Crippen LogP contribution in [0.3, 0.4) is 0 Å². The quantitative estimate of drug-likeness (QED) is 0.312. The summed E-state index contributed by atoms with van der Waals surface area (Å²) < 4.78 is 68.1. The number of imidazole rings is 1. The molecule has 0 atom stereocenters. The summed E-state index contributed by atoms with van der Waals surface area (Å²) in [6.45, 7) is 11.3. The van der Waals surface area contributed by atoms with E-state index in [0.717, 1.165) is 11.6 Å². The molecule has 1 heterocycles. The normalized spacial score (nSPS) is 13.6. The van der Waals surface area contributed by atoms with E-state index in [9.17, 15) is 26.7 Å². The summed E-state index contributed by atoms with van der Waals surface area (Å²) in [6, 6.07) is 12.0. The second kappa shape index (κ2) is 10.7. The molecule has 38 heavy (non-hydrogen) atoms. The summed E-state index contributed by atoms with van der Waals surface area (Å²) in [4.78, 5) is 4.64. The minimum Gasteiger partial charge on any atom is -0.384 e. The molecule has 3 aromatic rings. The molecule has 0 saturated carbocycles. The van der Waals surface area contributed by atoms with Gasteiger partial charge in [-0.15, -0.1) is 0 Å². The van der Waals surface area contributed by atoms with Crippen LogP contribution >= 0.6 is 0 Å². The van der Waals surface area contributed by atoms with Crippen LogP contribution in [0.5, 0.6) is 0 Å². The molecule has 2 aromatic carbocycles. The second-order valence-electron chi connectivity index (χ2n) is 9.33. The fourth-order valence-electron chi connectivity index (χ4n) is 4.06. The summed E-state index contributed by atoms with van der Waals surface area (Å²) in [5, 5.41) is 10.6. The van der Waals surface area contributed by atoms with Crippen molar-refractivity contribution in [2.75, 3.05) is 5.75 Å². The van der Waals surface area contributed by atoms with Gasteiger partial charge in [0.25, 0.3) is 0 Å². The van der Waals surface area contributed by atoms with Crippen LogP contribution in [0.25, 0.3) is 22.4 Å². The molecule has 9 heteroatoms. The van der Waals surface area contributed by atoms with Crippen molar-refractivity contribution in [3.05, 3.63) is 96.1 Å². The zero-order valence-electron chi connectivity index (χ0n) is 22.0. The molecule has 1 aromatic heterocycles. The monoisotopic (exact) mass is 544 g/mol. The minimum absolute atomic E-state index is 0.000614. The summed E-state index contributed by atoms with van der Waals surface area (Å²) >= 11 is 0. The molecule has 0 aliphatic rings. The number of rotatable bonds is 8. The Labute approximate surface area is 221 Å². The van der Waals surface area contributed by atoms with E-state index >= 15 is 0 Å². The number of sulfone groups is 1. The lowest BCUT2D eigenvalue weighted by Gasteiger charge is -2.18. The smallest absolute Gasteiger partial charge is 0.384 e. The lowest BCUT2D eigenvalue weighted by atomic mass is 10.0. The van der Waals surface area contributed by atoms with Gasteiger partial charge >= 0.3 is 6.18 Å². The van der Waals surface area contributed by atoms with Crippen molar-refractivity contribution >= 4 is 15.4 Å². The van der Waals surface area contributed by atoms with Crippen molar-refractivity contribution in [3.63, 3.8) is 0 Å². The van der Waals surface area contributed by atoms with Gasteiger partial charge in [0.1, 0.15) is 11.4 Å². The Hall–Kier alpha value is -3.43. The van der Waals surface area contributed by atoms with E-state index in [1.165, 1.54) is 43.7 Å². The molecule has 0 radical (unpaired) electrons. The Balaban J connectivity index is 2.23. The van der Waals surface area contributed by atoms with Crippen molar-refractivity contribution in [2.45, 2.75) is 51.3 Å². The zero-order chi connectivity index (χ0) is 28.5. The van der Waals surface area contributed by atoms with Gasteiger partial charge in [-0.2, -0.15) is 13.2 Å². The number of hydrogen-bond donors (Lipinski definition) is 1. The Morgan fingerprint density at radius 3 is 2.32 bits per heavy atom. The highest BCUT2D eigenvalue weighted by molar-refractivity contribution is 7.91. The van der Waals surface area contributed by atoms with Crippen LogP contribution in [-0.2, 0) is 15.4 Å². The van der Waals surface area contributed by atoms with Gasteiger partial charge in [-0.05, 0) is 68.7 Å². The van der Waals surface area contributed by atoms with E-state index in [0.29, 0.717) is 16.8 Å². The third kappa shape index (κ3) is 6.00. The van der Waals surface area contributed by atoms with Crippen molar-refractivity contribution < 1.29 is 26.7 Å². The predicted octanol–water partition coefficient (Wildman–Crippen LogP) is 6.95. The van der Waals surface area contributed by atoms with Gasteiger partial charge in [0.15, 0.2) is 9.84 Å². The molecule has 0 fully saturated rings. The molecule has 0 aliphatic carbocycles. The lowest BCUT2D eigenvalue weighted by molar-refractivity contribution is -0.0872. The van der Waals surface area contributed by atoms with Crippen LogP contribution in [0.2, 0.25) is 0 Å². The highest BCUT2D eigenvalue weighted by Gasteiger charge is 2.38. The SMILES string of the molecule is C=C/C=C(\C(=C/C)C(F)(F)F)c1nc(C(C)(C)O)cn1-c1ccc(-c2cccc(S(=O)(=O)CC)c2)cc1C. The minimum atomic E-state index is -4.64. The molecule has 0 saturated heterocycles. The van der Waals surface area contributed by atoms with Gasteiger partial charge in [-0.25, -0.2) is 13.4 Å². The highest BCUT2D eigenvalue weighted by atomic mass is 32.2. The summed E-state index contributed by atoms with van der Waals surface area (Å²) in [5.74, 6) is -0.0204. The molecular formula is C29H31F3N2O3S. The average Bonchev–Trinajstić information content (AvgIpc) is 3.29. The Bertz CT molecular complexity index is 1520. The van der Waals surface area contributed by atoms with Gasteiger partial charge in [-0.3, -0.25) is 4.57 Å². The first-order chi connectivity index (χ1) is 17.6. The van der Waals surface area contributed by atoms with Crippen LogP contribution < -0.4 is 0 Å². The van der Waals surface area contributed by atoms with Crippen LogP contribution in [0.15, 0.2) is 83.9 Å². The zero-order valence-corrected chi connectivity index (χ0v) is 22.8. The summed E-state index contributed by atoms with van der Waals surface area (Å²) in [5.41, 5.74) is 0.415. The molecule has 3 rings (SSSR count). The summed E-state index contributed by atoms with van der Waals surface area (Å²) in [6.07, 6.45) is 0.371. The van der Waals surface area contributed by atoms with E-state index < -0.39 is 27.2 Å². The first kappa shape index (κ1) is 29.1. The molecule has 1 N–H and O–H groups in total.